The van der Waals surface area contributed by atoms with Gasteiger partial charge >= 0.3 is 0 Å². The molecule has 1 saturated heterocycles. The first kappa shape index (κ1) is 19.5. The lowest BCUT2D eigenvalue weighted by Crippen LogP contribution is -2.46. The molecule has 1 fully saturated rings. The summed E-state index contributed by atoms with van der Waals surface area (Å²) in [6.07, 6.45) is 0.609. The Labute approximate surface area is 169 Å². The zero-order chi connectivity index (χ0) is 20.2. The zero-order valence-corrected chi connectivity index (χ0v) is 16.0. The fourth-order valence-electron chi connectivity index (χ4n) is 3.78. The van der Waals surface area contributed by atoms with E-state index >= 15 is 0 Å². The summed E-state index contributed by atoms with van der Waals surface area (Å²) in [5, 5.41) is 10.8. The average molecular weight is 395 g/mol. The molecule has 1 unspecified atom stereocenters. The van der Waals surface area contributed by atoms with Crippen molar-refractivity contribution in [2.45, 2.75) is 12.6 Å². The fourth-order valence-corrected chi connectivity index (χ4v) is 3.78. The van der Waals surface area contributed by atoms with Crippen LogP contribution in [0.4, 0.5) is 14.5 Å². The lowest BCUT2D eigenvalue weighted by molar-refractivity contribution is 0.213. The summed E-state index contributed by atoms with van der Waals surface area (Å²) >= 11 is 0. The maximum atomic E-state index is 14.8. The number of aromatic nitrogens is 1. The van der Waals surface area contributed by atoms with E-state index < -0.39 is 6.10 Å². The van der Waals surface area contributed by atoms with Gasteiger partial charge in [0.05, 0.1) is 11.4 Å². The molecule has 0 radical (unpaired) electrons. The Morgan fingerprint density at radius 3 is 2.31 bits per heavy atom. The van der Waals surface area contributed by atoms with Gasteiger partial charge in [-0.1, -0.05) is 36.4 Å². The van der Waals surface area contributed by atoms with E-state index in [1.165, 1.54) is 12.1 Å². The average Bonchev–Trinajstić information content (AvgIpc) is 2.76. The maximum Gasteiger partial charge on any atom is 0.146 e. The van der Waals surface area contributed by atoms with E-state index in [1.807, 2.05) is 11.0 Å². The van der Waals surface area contributed by atoms with Crippen molar-refractivity contribution in [1.82, 2.24) is 9.88 Å². The van der Waals surface area contributed by atoms with Gasteiger partial charge in [-0.25, -0.2) is 8.78 Å². The van der Waals surface area contributed by atoms with Crippen molar-refractivity contribution in [3.05, 3.63) is 95.3 Å². The molecule has 1 atom stereocenters. The quantitative estimate of drug-likeness (QED) is 0.714. The summed E-state index contributed by atoms with van der Waals surface area (Å²) in [6, 6.07) is 16.8. The number of halogens is 2. The molecule has 1 N–H and O–H groups in total. The lowest BCUT2D eigenvalue weighted by Gasteiger charge is -2.37. The second kappa shape index (κ2) is 8.68. The number of piperazine rings is 1. The third kappa shape index (κ3) is 4.28. The van der Waals surface area contributed by atoms with Crippen LogP contribution in [0.3, 0.4) is 0 Å². The molecule has 2 heterocycles. The van der Waals surface area contributed by atoms with Crippen molar-refractivity contribution in [3.63, 3.8) is 0 Å². The number of aliphatic hydroxyl groups excluding tert-OH is 1. The number of benzene rings is 2. The monoisotopic (exact) mass is 395 g/mol. The summed E-state index contributed by atoms with van der Waals surface area (Å²) in [7, 11) is 0. The van der Waals surface area contributed by atoms with Crippen LogP contribution < -0.4 is 4.90 Å². The largest absolute Gasteiger partial charge is 0.382 e. The highest BCUT2D eigenvalue weighted by Gasteiger charge is 2.26. The summed E-state index contributed by atoms with van der Waals surface area (Å²) in [4.78, 5) is 8.31. The molecule has 1 aliphatic rings. The van der Waals surface area contributed by atoms with E-state index in [1.54, 1.807) is 48.7 Å². The minimum Gasteiger partial charge on any atom is -0.382 e. The van der Waals surface area contributed by atoms with E-state index in [-0.39, 0.29) is 11.6 Å². The Kier molecular flexibility index (Phi) is 5.83. The highest BCUT2D eigenvalue weighted by atomic mass is 19.1. The Hall–Kier alpha value is -2.83. The van der Waals surface area contributed by atoms with Gasteiger partial charge in [0.25, 0.3) is 0 Å². The summed E-state index contributed by atoms with van der Waals surface area (Å²) in [6.45, 7) is 3.08. The van der Waals surface area contributed by atoms with Crippen LogP contribution in [0.15, 0.2) is 66.9 Å². The van der Waals surface area contributed by atoms with Crippen molar-refractivity contribution in [1.29, 1.82) is 0 Å². The first-order valence-corrected chi connectivity index (χ1v) is 9.71. The zero-order valence-electron chi connectivity index (χ0n) is 16.0. The SMILES string of the molecule is OC(c1ccccn1)c1cccc(F)c1N1CCN(Cc2ccccc2F)CC1. The molecule has 0 amide bonds. The molecular formula is C23H23F2N3O. The van der Waals surface area contributed by atoms with Gasteiger partial charge in [0.15, 0.2) is 0 Å². The van der Waals surface area contributed by atoms with Crippen molar-refractivity contribution >= 4 is 5.69 Å². The molecular weight excluding hydrogens is 372 g/mol. The topological polar surface area (TPSA) is 39.6 Å². The van der Waals surface area contributed by atoms with Gasteiger partial charge in [-0.05, 0) is 24.3 Å². The Morgan fingerprint density at radius 1 is 0.862 bits per heavy atom. The molecule has 0 spiro atoms. The normalized spacial score (nSPS) is 16.0. The molecule has 150 valence electrons. The number of anilines is 1. The van der Waals surface area contributed by atoms with Gasteiger partial charge in [-0.15, -0.1) is 0 Å². The summed E-state index contributed by atoms with van der Waals surface area (Å²) in [5.74, 6) is -0.565. The van der Waals surface area contributed by atoms with Crippen LogP contribution in [-0.4, -0.2) is 41.2 Å². The van der Waals surface area contributed by atoms with E-state index in [2.05, 4.69) is 9.88 Å². The van der Waals surface area contributed by atoms with Gasteiger partial charge < -0.3 is 10.0 Å². The van der Waals surface area contributed by atoms with Gasteiger partial charge in [0, 0.05) is 50.0 Å². The molecule has 0 bridgehead atoms. The highest BCUT2D eigenvalue weighted by Crippen LogP contribution is 2.33. The molecule has 4 rings (SSSR count). The van der Waals surface area contributed by atoms with Crippen LogP contribution >= 0.6 is 0 Å². The van der Waals surface area contributed by atoms with Crippen molar-refractivity contribution < 1.29 is 13.9 Å². The first-order chi connectivity index (χ1) is 14.1. The van der Waals surface area contributed by atoms with Crippen LogP contribution in [0, 0.1) is 11.6 Å². The number of pyridine rings is 1. The number of nitrogens with zero attached hydrogens (tertiary/aromatic N) is 3. The second-order valence-electron chi connectivity index (χ2n) is 7.19. The van der Waals surface area contributed by atoms with Gasteiger partial charge in [-0.3, -0.25) is 9.88 Å². The van der Waals surface area contributed by atoms with E-state index in [9.17, 15) is 13.9 Å². The van der Waals surface area contributed by atoms with E-state index in [0.29, 0.717) is 55.2 Å². The predicted molar refractivity (Wildman–Crippen MR) is 109 cm³/mol. The number of hydrogen-bond acceptors (Lipinski definition) is 4. The number of aliphatic hydroxyl groups is 1. The minimum absolute atomic E-state index is 0.204. The smallest absolute Gasteiger partial charge is 0.146 e. The van der Waals surface area contributed by atoms with Crippen molar-refractivity contribution in [2.75, 3.05) is 31.1 Å². The van der Waals surface area contributed by atoms with Crippen molar-refractivity contribution in [3.8, 4) is 0 Å². The van der Waals surface area contributed by atoms with Crippen LogP contribution in [0.1, 0.15) is 22.9 Å². The number of rotatable bonds is 5. The summed E-state index contributed by atoms with van der Waals surface area (Å²) in [5.41, 5.74) is 2.07. The molecule has 0 saturated carbocycles. The Morgan fingerprint density at radius 2 is 1.59 bits per heavy atom. The lowest BCUT2D eigenvalue weighted by atomic mass is 10.0. The predicted octanol–water partition coefficient (Wildman–Crippen LogP) is 3.76. The van der Waals surface area contributed by atoms with E-state index in [0.717, 1.165) is 0 Å². The van der Waals surface area contributed by atoms with Gasteiger partial charge in [0.2, 0.25) is 0 Å². The molecule has 1 aliphatic heterocycles. The Balaban J connectivity index is 1.51. The maximum absolute atomic E-state index is 14.8. The highest BCUT2D eigenvalue weighted by molar-refractivity contribution is 5.57. The third-order valence-electron chi connectivity index (χ3n) is 5.32. The molecule has 2 aromatic carbocycles. The molecule has 29 heavy (non-hydrogen) atoms. The molecule has 0 aliphatic carbocycles. The van der Waals surface area contributed by atoms with Crippen molar-refractivity contribution in [2.24, 2.45) is 0 Å². The van der Waals surface area contributed by atoms with Crippen LogP contribution in [-0.2, 0) is 6.54 Å². The fraction of sp³-hybridized carbons (Fsp3) is 0.261. The molecule has 4 nitrogen and oxygen atoms in total. The third-order valence-corrected chi connectivity index (χ3v) is 5.32. The van der Waals surface area contributed by atoms with E-state index in [4.69, 9.17) is 0 Å². The first-order valence-electron chi connectivity index (χ1n) is 9.71. The molecule has 3 aromatic rings. The molecule has 6 heteroatoms. The summed E-state index contributed by atoms with van der Waals surface area (Å²) < 4.78 is 28.7. The van der Waals surface area contributed by atoms with Gasteiger partial charge in [-0.2, -0.15) is 0 Å². The second-order valence-corrected chi connectivity index (χ2v) is 7.19. The van der Waals surface area contributed by atoms with Crippen LogP contribution in [0.5, 0.6) is 0 Å². The van der Waals surface area contributed by atoms with Crippen LogP contribution in [0.25, 0.3) is 0 Å². The van der Waals surface area contributed by atoms with Crippen LogP contribution in [0.2, 0.25) is 0 Å². The number of hydrogen-bond donors (Lipinski definition) is 1. The Bertz CT molecular complexity index is 959. The number of para-hydroxylation sites is 1. The molecule has 1 aromatic heterocycles. The minimum atomic E-state index is -1.00. The standard InChI is InChI=1S/C23H23F2N3O/c24-19-8-2-1-6-17(19)16-27-12-14-28(15-13-27)22-18(7-5-9-20(22)25)23(29)21-10-3-4-11-26-21/h1-11,23,29H,12-16H2. The van der Waals surface area contributed by atoms with Gasteiger partial charge in [0.1, 0.15) is 17.7 Å².